The van der Waals surface area contributed by atoms with E-state index in [0.29, 0.717) is 26.1 Å². The first kappa shape index (κ1) is 23.1. The molecule has 0 aromatic carbocycles. The lowest BCUT2D eigenvalue weighted by Gasteiger charge is -2.32. The summed E-state index contributed by atoms with van der Waals surface area (Å²) in [4.78, 5) is 27.0. The summed E-state index contributed by atoms with van der Waals surface area (Å²) < 4.78 is 29.2. The molecule has 2 heterocycles. The van der Waals surface area contributed by atoms with E-state index in [4.69, 9.17) is 9.84 Å². The monoisotopic (exact) mass is 412 g/mol. The maximum atomic E-state index is 12.8. The van der Waals surface area contributed by atoms with E-state index in [2.05, 4.69) is 0 Å². The van der Waals surface area contributed by atoms with Crippen molar-refractivity contribution < 1.29 is 27.9 Å². The Balaban J connectivity index is 0.00000338. The van der Waals surface area contributed by atoms with Gasteiger partial charge in [0.05, 0.1) is 30.7 Å². The molecule has 0 aromatic rings. The van der Waals surface area contributed by atoms with Gasteiger partial charge in [-0.1, -0.05) is 6.92 Å². The molecule has 0 bridgehead atoms. The molecule has 0 radical (unpaired) electrons. The van der Waals surface area contributed by atoms with Crippen molar-refractivity contribution in [2.75, 3.05) is 44.3 Å². The van der Waals surface area contributed by atoms with Gasteiger partial charge in [-0.15, -0.1) is 12.4 Å². The number of sulfone groups is 1. The second-order valence-electron chi connectivity index (χ2n) is 6.84. The molecule has 1 N–H and O–H groups in total. The third-order valence-corrected chi connectivity index (χ3v) is 6.40. The molecule has 1 amide bonds. The van der Waals surface area contributed by atoms with Crippen LogP contribution < -0.4 is 0 Å². The summed E-state index contributed by atoms with van der Waals surface area (Å²) in [7, 11) is -3.11. The first-order valence-corrected chi connectivity index (χ1v) is 10.7. The van der Waals surface area contributed by atoms with Crippen LogP contribution >= 0.6 is 12.4 Å². The first-order chi connectivity index (χ1) is 11.8. The van der Waals surface area contributed by atoms with E-state index in [-0.39, 0.29) is 55.1 Å². The Morgan fingerprint density at radius 1 is 1.23 bits per heavy atom. The van der Waals surface area contributed by atoms with Crippen LogP contribution in [0.25, 0.3) is 0 Å². The van der Waals surface area contributed by atoms with Crippen molar-refractivity contribution in [3.63, 3.8) is 0 Å². The molecule has 2 rings (SSSR count). The van der Waals surface area contributed by atoms with Crippen LogP contribution in [-0.4, -0.2) is 91.6 Å². The largest absolute Gasteiger partial charge is 0.480 e. The smallest absolute Gasteiger partial charge is 0.317 e. The van der Waals surface area contributed by atoms with Crippen LogP contribution in [0.2, 0.25) is 0 Å². The summed E-state index contributed by atoms with van der Waals surface area (Å²) in [6, 6.07) is -0.338. The number of carboxylic acids is 1. The van der Waals surface area contributed by atoms with E-state index in [1.807, 2.05) is 6.92 Å². The van der Waals surface area contributed by atoms with Gasteiger partial charge in [0.1, 0.15) is 0 Å². The molecule has 10 heteroatoms. The van der Waals surface area contributed by atoms with Gasteiger partial charge in [-0.05, 0) is 32.2 Å². The molecule has 2 aliphatic rings. The molecule has 2 unspecified atom stereocenters. The van der Waals surface area contributed by atoms with Crippen LogP contribution in [0.1, 0.15) is 32.6 Å². The summed E-state index contributed by atoms with van der Waals surface area (Å²) in [6.45, 7) is 3.27. The number of carbonyl (C=O) groups excluding carboxylic acids is 1. The highest BCUT2D eigenvalue weighted by Gasteiger charge is 2.36. The highest BCUT2D eigenvalue weighted by Crippen LogP contribution is 2.21. The third-order valence-electron chi connectivity index (χ3n) is 4.65. The van der Waals surface area contributed by atoms with Crippen molar-refractivity contribution in [1.29, 1.82) is 0 Å². The van der Waals surface area contributed by atoms with Gasteiger partial charge in [0, 0.05) is 19.2 Å². The number of ether oxygens (including phenoxy) is 1. The molecule has 2 saturated heterocycles. The van der Waals surface area contributed by atoms with Gasteiger partial charge in [0.15, 0.2) is 9.84 Å². The summed E-state index contributed by atoms with van der Waals surface area (Å²) in [5.41, 5.74) is 0. The van der Waals surface area contributed by atoms with Crippen LogP contribution in [0.15, 0.2) is 0 Å². The Bertz CT molecular complexity index is 579. The van der Waals surface area contributed by atoms with Gasteiger partial charge in [-0.2, -0.15) is 0 Å². The van der Waals surface area contributed by atoms with E-state index in [1.165, 1.54) is 0 Å². The number of halogens is 1. The van der Waals surface area contributed by atoms with Gasteiger partial charge in [-0.3, -0.25) is 14.5 Å². The van der Waals surface area contributed by atoms with Crippen molar-refractivity contribution in [3.8, 4) is 0 Å². The average Bonchev–Trinajstić information content (AvgIpc) is 3.13. The quantitative estimate of drug-likeness (QED) is 0.584. The number of hydrogen-bond acceptors (Lipinski definition) is 6. The summed E-state index contributed by atoms with van der Waals surface area (Å²) in [6.07, 6.45) is 2.91. The van der Waals surface area contributed by atoms with Crippen LogP contribution in [0.3, 0.4) is 0 Å². The SMILES string of the molecule is CCCN(CC(=O)O)CC(=O)N(CC1CCCO1)C1CCS(=O)(=O)C1.Cl. The molecule has 152 valence electrons. The van der Waals surface area contributed by atoms with Crippen LogP contribution in [0.4, 0.5) is 0 Å². The third kappa shape index (κ3) is 7.02. The lowest BCUT2D eigenvalue weighted by Crippen LogP contribution is -2.49. The van der Waals surface area contributed by atoms with Crippen LogP contribution in [-0.2, 0) is 24.2 Å². The maximum absolute atomic E-state index is 12.8. The fraction of sp³-hybridized carbons (Fsp3) is 0.875. The van der Waals surface area contributed by atoms with Crippen molar-refractivity contribution in [2.45, 2.75) is 44.8 Å². The number of carboxylic acid groups (broad SMARTS) is 1. The number of nitrogens with zero attached hydrogens (tertiary/aromatic N) is 2. The van der Waals surface area contributed by atoms with Crippen molar-refractivity contribution >= 4 is 34.1 Å². The number of carbonyl (C=O) groups is 2. The molecule has 0 aromatic heterocycles. The Labute approximate surface area is 161 Å². The van der Waals surface area contributed by atoms with E-state index in [1.54, 1.807) is 9.80 Å². The Morgan fingerprint density at radius 3 is 2.46 bits per heavy atom. The van der Waals surface area contributed by atoms with Crippen molar-refractivity contribution in [3.05, 3.63) is 0 Å². The highest BCUT2D eigenvalue weighted by molar-refractivity contribution is 7.91. The van der Waals surface area contributed by atoms with E-state index >= 15 is 0 Å². The Morgan fingerprint density at radius 2 is 1.96 bits per heavy atom. The van der Waals surface area contributed by atoms with Gasteiger partial charge in [0.25, 0.3) is 0 Å². The molecule has 0 aliphatic carbocycles. The molecule has 2 fully saturated rings. The fourth-order valence-corrected chi connectivity index (χ4v) is 5.22. The second-order valence-corrected chi connectivity index (χ2v) is 9.07. The first-order valence-electron chi connectivity index (χ1n) is 8.86. The average molecular weight is 413 g/mol. The maximum Gasteiger partial charge on any atom is 0.317 e. The predicted octanol–water partition coefficient (Wildman–Crippen LogP) is 0.400. The van der Waals surface area contributed by atoms with E-state index < -0.39 is 15.8 Å². The molecular formula is C16H29ClN2O6S. The minimum atomic E-state index is -3.11. The van der Waals surface area contributed by atoms with E-state index in [9.17, 15) is 18.0 Å². The van der Waals surface area contributed by atoms with Gasteiger partial charge in [0.2, 0.25) is 5.91 Å². The Kier molecular flexibility index (Phi) is 9.29. The summed E-state index contributed by atoms with van der Waals surface area (Å²) >= 11 is 0. The lowest BCUT2D eigenvalue weighted by molar-refractivity contribution is -0.140. The van der Waals surface area contributed by atoms with Crippen LogP contribution in [0.5, 0.6) is 0 Å². The van der Waals surface area contributed by atoms with E-state index in [0.717, 1.165) is 19.3 Å². The molecule has 8 nitrogen and oxygen atoms in total. The number of aliphatic carboxylic acids is 1. The second kappa shape index (κ2) is 10.4. The van der Waals surface area contributed by atoms with Gasteiger partial charge >= 0.3 is 5.97 Å². The predicted molar refractivity (Wildman–Crippen MR) is 99.4 cm³/mol. The zero-order chi connectivity index (χ0) is 18.4. The normalized spacial score (nSPS) is 24.4. The topological polar surface area (TPSA) is 104 Å². The van der Waals surface area contributed by atoms with Gasteiger partial charge in [-0.25, -0.2) is 8.42 Å². The molecule has 2 aliphatic heterocycles. The molecule has 26 heavy (non-hydrogen) atoms. The molecule has 0 spiro atoms. The lowest BCUT2D eigenvalue weighted by atomic mass is 10.1. The summed E-state index contributed by atoms with van der Waals surface area (Å²) in [5.74, 6) is -1.11. The van der Waals surface area contributed by atoms with Gasteiger partial charge < -0.3 is 14.7 Å². The number of amides is 1. The molecular weight excluding hydrogens is 384 g/mol. The number of hydrogen-bond donors (Lipinski definition) is 1. The van der Waals surface area contributed by atoms with Crippen LogP contribution in [0, 0.1) is 0 Å². The molecule has 2 atom stereocenters. The zero-order valence-corrected chi connectivity index (χ0v) is 16.8. The molecule has 0 saturated carbocycles. The minimum Gasteiger partial charge on any atom is -0.480 e. The summed E-state index contributed by atoms with van der Waals surface area (Å²) in [5, 5.41) is 9.01. The zero-order valence-electron chi connectivity index (χ0n) is 15.1. The standard InChI is InChI=1S/C16H28N2O6S.ClH/c1-2-6-17(11-16(20)21)10-15(19)18(9-14-4-3-7-24-14)13-5-8-25(22,23)12-13;/h13-14H,2-12H2,1H3,(H,20,21);1H. The van der Waals surface area contributed by atoms with Crippen molar-refractivity contribution in [2.24, 2.45) is 0 Å². The minimum absolute atomic E-state index is 0. The highest BCUT2D eigenvalue weighted by atomic mass is 35.5. The van der Waals surface area contributed by atoms with Crippen molar-refractivity contribution in [1.82, 2.24) is 9.80 Å². The Hall–Kier alpha value is -0.900. The number of rotatable bonds is 9. The fourth-order valence-electron chi connectivity index (χ4n) is 3.49.